The Kier molecular flexibility index (Phi) is 12.0. The summed E-state index contributed by atoms with van der Waals surface area (Å²) < 4.78 is 9.81. The van der Waals surface area contributed by atoms with Crippen molar-refractivity contribution in [1.82, 2.24) is 10.6 Å². The number of carbonyl (C=O) groups excluding carboxylic acids is 2. The highest BCUT2D eigenvalue weighted by molar-refractivity contribution is 7.80. The van der Waals surface area contributed by atoms with Crippen molar-refractivity contribution in [1.29, 1.82) is 0 Å². The molecule has 0 aromatic carbocycles. The zero-order valence-corrected chi connectivity index (χ0v) is 13.7. The fourth-order valence-electron chi connectivity index (χ4n) is 1.42. The van der Waals surface area contributed by atoms with Crippen LogP contribution in [0.25, 0.3) is 0 Å². The van der Waals surface area contributed by atoms with E-state index < -0.39 is 12.1 Å². The predicted octanol–water partition coefficient (Wildman–Crippen LogP) is -0.111. The first-order valence-electron chi connectivity index (χ1n) is 6.62. The Balaban J connectivity index is 3.97. The average Bonchev–Trinajstić information content (AvgIpc) is 2.43. The summed E-state index contributed by atoms with van der Waals surface area (Å²) in [6.45, 7) is 5.21. The monoisotopic (exact) mass is 324 g/mol. The molecule has 0 spiro atoms. The summed E-state index contributed by atoms with van der Waals surface area (Å²) in [5, 5.41) is 6.03. The maximum Gasteiger partial charge on any atom is 0.323 e. The number of rotatable bonds is 11. The van der Waals surface area contributed by atoms with Crippen LogP contribution in [0.15, 0.2) is 0 Å². The number of carbonyl (C=O) groups is 2. The summed E-state index contributed by atoms with van der Waals surface area (Å²) in [6, 6.07) is -0.894. The third kappa shape index (κ3) is 7.98. The smallest absolute Gasteiger partial charge is 0.323 e. The SMILES string of the molecule is CCOC(=O)C(CS)NCCN[C@@H](CS)C(=O)OCC. The highest BCUT2D eigenvalue weighted by Crippen LogP contribution is 1.94. The molecule has 0 amide bonds. The fraction of sp³-hybridized carbons (Fsp3) is 0.833. The van der Waals surface area contributed by atoms with E-state index >= 15 is 0 Å². The molecule has 0 rings (SSSR count). The van der Waals surface area contributed by atoms with Gasteiger partial charge in [0, 0.05) is 24.6 Å². The first kappa shape index (κ1) is 19.6. The van der Waals surface area contributed by atoms with Crippen LogP contribution in [0.1, 0.15) is 13.8 Å². The molecule has 0 heterocycles. The molecule has 0 aromatic heterocycles. The molecule has 0 fully saturated rings. The van der Waals surface area contributed by atoms with Gasteiger partial charge in [0.15, 0.2) is 0 Å². The molecule has 118 valence electrons. The standard InChI is InChI=1S/C12H24N2O4S2/c1-3-17-11(15)9(7-19)13-5-6-14-10(8-20)12(16)18-4-2/h9-10,13-14,19-20H,3-8H2,1-2H3/t9-,10?/m0/s1. The lowest BCUT2D eigenvalue weighted by Crippen LogP contribution is -2.46. The van der Waals surface area contributed by atoms with Gasteiger partial charge in [-0.25, -0.2) is 0 Å². The van der Waals surface area contributed by atoms with Gasteiger partial charge in [-0.1, -0.05) is 0 Å². The molecular weight excluding hydrogens is 300 g/mol. The van der Waals surface area contributed by atoms with E-state index in [9.17, 15) is 9.59 Å². The molecule has 6 nitrogen and oxygen atoms in total. The highest BCUT2D eigenvalue weighted by atomic mass is 32.1. The van der Waals surface area contributed by atoms with Gasteiger partial charge in [0.1, 0.15) is 12.1 Å². The minimum Gasteiger partial charge on any atom is -0.465 e. The van der Waals surface area contributed by atoms with Crippen LogP contribution < -0.4 is 10.6 Å². The van der Waals surface area contributed by atoms with E-state index in [2.05, 4.69) is 35.9 Å². The van der Waals surface area contributed by atoms with Gasteiger partial charge in [-0.05, 0) is 13.8 Å². The first-order valence-corrected chi connectivity index (χ1v) is 7.88. The largest absolute Gasteiger partial charge is 0.465 e. The van der Waals surface area contributed by atoms with Crippen LogP contribution in [0, 0.1) is 0 Å². The predicted molar refractivity (Wildman–Crippen MR) is 84.6 cm³/mol. The molecule has 8 heteroatoms. The van der Waals surface area contributed by atoms with Crippen LogP contribution in [0.5, 0.6) is 0 Å². The minimum absolute atomic E-state index is 0.321. The Labute approximate surface area is 131 Å². The molecule has 0 aliphatic carbocycles. The number of hydrogen-bond donors (Lipinski definition) is 4. The van der Waals surface area contributed by atoms with Crippen molar-refractivity contribution < 1.29 is 19.1 Å². The Morgan fingerprint density at radius 2 is 1.25 bits per heavy atom. The van der Waals surface area contributed by atoms with Gasteiger partial charge >= 0.3 is 11.9 Å². The highest BCUT2D eigenvalue weighted by Gasteiger charge is 2.19. The molecule has 0 bridgehead atoms. The molecule has 20 heavy (non-hydrogen) atoms. The number of esters is 2. The lowest BCUT2D eigenvalue weighted by molar-refractivity contribution is -0.146. The van der Waals surface area contributed by atoms with E-state index in [0.717, 1.165) is 0 Å². The zero-order chi connectivity index (χ0) is 15.4. The van der Waals surface area contributed by atoms with Crippen LogP contribution >= 0.6 is 25.3 Å². The van der Waals surface area contributed by atoms with E-state index in [1.807, 2.05) is 0 Å². The molecule has 0 saturated heterocycles. The van der Waals surface area contributed by atoms with Crippen LogP contribution in [0.4, 0.5) is 0 Å². The van der Waals surface area contributed by atoms with Crippen molar-refractivity contribution in [2.24, 2.45) is 0 Å². The number of thiol groups is 2. The van der Waals surface area contributed by atoms with Gasteiger partial charge in [-0.3, -0.25) is 9.59 Å². The van der Waals surface area contributed by atoms with Crippen LogP contribution in [0.2, 0.25) is 0 Å². The molecule has 0 aromatic rings. The van der Waals surface area contributed by atoms with E-state index in [0.29, 0.717) is 37.8 Å². The Morgan fingerprint density at radius 3 is 1.50 bits per heavy atom. The van der Waals surface area contributed by atoms with Gasteiger partial charge in [-0.15, -0.1) is 0 Å². The second kappa shape index (κ2) is 12.3. The summed E-state index contributed by atoms with van der Waals surface area (Å²) in [7, 11) is 0. The second-order valence-electron chi connectivity index (χ2n) is 3.88. The van der Waals surface area contributed by atoms with Crippen molar-refractivity contribution in [3.05, 3.63) is 0 Å². The van der Waals surface area contributed by atoms with E-state index in [4.69, 9.17) is 9.47 Å². The van der Waals surface area contributed by atoms with Crippen LogP contribution in [-0.2, 0) is 19.1 Å². The van der Waals surface area contributed by atoms with Gasteiger partial charge in [0.25, 0.3) is 0 Å². The molecule has 1 unspecified atom stereocenters. The molecule has 2 atom stereocenters. The van der Waals surface area contributed by atoms with Crippen molar-refractivity contribution in [2.75, 3.05) is 37.8 Å². The molecule has 0 saturated carbocycles. The number of hydrogen-bond acceptors (Lipinski definition) is 8. The molecule has 0 radical (unpaired) electrons. The van der Waals surface area contributed by atoms with E-state index in [-0.39, 0.29) is 11.9 Å². The summed E-state index contributed by atoms with van der Waals surface area (Å²) >= 11 is 8.20. The van der Waals surface area contributed by atoms with Crippen molar-refractivity contribution in [3.8, 4) is 0 Å². The second-order valence-corrected chi connectivity index (χ2v) is 4.61. The van der Waals surface area contributed by atoms with Gasteiger partial charge in [0.2, 0.25) is 0 Å². The molecular formula is C12H24N2O4S2. The van der Waals surface area contributed by atoms with E-state index in [1.54, 1.807) is 13.8 Å². The van der Waals surface area contributed by atoms with Crippen molar-refractivity contribution >= 4 is 37.2 Å². The molecule has 2 N–H and O–H groups in total. The van der Waals surface area contributed by atoms with Gasteiger partial charge in [0.05, 0.1) is 13.2 Å². The lowest BCUT2D eigenvalue weighted by Gasteiger charge is -2.17. The Morgan fingerprint density at radius 1 is 0.900 bits per heavy atom. The number of ether oxygens (including phenoxy) is 2. The maximum atomic E-state index is 11.5. The minimum atomic E-state index is -0.447. The van der Waals surface area contributed by atoms with Crippen molar-refractivity contribution in [2.45, 2.75) is 25.9 Å². The Bertz CT molecular complexity index is 265. The van der Waals surface area contributed by atoms with Crippen LogP contribution in [-0.4, -0.2) is 61.8 Å². The van der Waals surface area contributed by atoms with Gasteiger partial charge < -0.3 is 20.1 Å². The van der Waals surface area contributed by atoms with Crippen molar-refractivity contribution in [3.63, 3.8) is 0 Å². The topological polar surface area (TPSA) is 76.7 Å². The molecule has 0 aliphatic heterocycles. The third-order valence-corrected chi connectivity index (χ3v) is 3.14. The quantitative estimate of drug-likeness (QED) is 0.241. The summed E-state index contributed by atoms with van der Waals surface area (Å²) in [4.78, 5) is 23.0. The zero-order valence-electron chi connectivity index (χ0n) is 11.9. The normalized spacial score (nSPS) is 13.6. The van der Waals surface area contributed by atoms with Gasteiger partial charge in [-0.2, -0.15) is 25.3 Å². The summed E-state index contributed by atoms with van der Waals surface area (Å²) in [6.07, 6.45) is 0. The summed E-state index contributed by atoms with van der Waals surface area (Å²) in [5.74, 6) is 0.0663. The average molecular weight is 324 g/mol. The third-order valence-electron chi connectivity index (χ3n) is 2.41. The summed E-state index contributed by atoms with van der Waals surface area (Å²) in [5.41, 5.74) is 0. The number of nitrogens with one attached hydrogen (secondary N) is 2. The first-order chi connectivity index (χ1) is 9.60. The lowest BCUT2D eigenvalue weighted by atomic mass is 10.3. The van der Waals surface area contributed by atoms with Crippen LogP contribution in [0.3, 0.4) is 0 Å². The Hall–Kier alpha value is -0.440. The fourth-order valence-corrected chi connectivity index (χ4v) is 1.98. The maximum absolute atomic E-state index is 11.5. The van der Waals surface area contributed by atoms with E-state index in [1.165, 1.54) is 0 Å². The molecule has 0 aliphatic rings.